The van der Waals surface area contributed by atoms with Gasteiger partial charge in [0.2, 0.25) is 0 Å². The molecule has 0 saturated carbocycles. The van der Waals surface area contributed by atoms with E-state index in [4.69, 9.17) is 4.74 Å². The summed E-state index contributed by atoms with van der Waals surface area (Å²) < 4.78 is 5.85. The van der Waals surface area contributed by atoms with Crippen LogP contribution in [0, 0.1) is 6.92 Å². The van der Waals surface area contributed by atoms with Gasteiger partial charge in [-0.2, -0.15) is 0 Å². The first-order valence-electron chi connectivity index (χ1n) is 6.07. The Labute approximate surface area is 107 Å². The van der Waals surface area contributed by atoms with E-state index >= 15 is 0 Å². The van der Waals surface area contributed by atoms with Crippen LogP contribution < -0.4 is 4.74 Å². The van der Waals surface area contributed by atoms with Crippen molar-refractivity contribution in [3.63, 3.8) is 0 Å². The Morgan fingerprint density at radius 2 is 1.89 bits per heavy atom. The molecule has 1 N–H and O–H groups in total. The quantitative estimate of drug-likeness (QED) is 0.896. The van der Waals surface area contributed by atoms with E-state index in [1.54, 1.807) is 0 Å². The Kier molecular flexibility index (Phi) is 3.95. The molecule has 2 rings (SSSR count). The van der Waals surface area contributed by atoms with Gasteiger partial charge >= 0.3 is 0 Å². The first-order valence-corrected chi connectivity index (χ1v) is 6.07. The van der Waals surface area contributed by atoms with Crippen molar-refractivity contribution in [2.75, 3.05) is 0 Å². The number of pyridine rings is 1. The lowest BCUT2D eigenvalue weighted by atomic mass is 10.2. The van der Waals surface area contributed by atoms with E-state index in [0.29, 0.717) is 5.75 Å². The lowest BCUT2D eigenvalue weighted by Crippen LogP contribution is -1.97. The minimum atomic E-state index is -0.0308. The molecule has 0 aliphatic heterocycles. The molecule has 1 aromatic carbocycles. The van der Waals surface area contributed by atoms with Gasteiger partial charge in [0.25, 0.3) is 0 Å². The van der Waals surface area contributed by atoms with Crippen LogP contribution in [0.2, 0.25) is 0 Å². The van der Waals surface area contributed by atoms with Crippen molar-refractivity contribution in [2.24, 2.45) is 0 Å². The van der Waals surface area contributed by atoms with Crippen molar-refractivity contribution in [1.29, 1.82) is 0 Å². The molecular formula is C15H17NO2. The highest BCUT2D eigenvalue weighted by Gasteiger charge is 2.08. The molecule has 0 spiro atoms. The lowest BCUT2D eigenvalue weighted by molar-refractivity contribution is 0.276. The maximum Gasteiger partial charge on any atom is 0.148 e. The molecular weight excluding hydrogens is 226 g/mol. The summed E-state index contributed by atoms with van der Waals surface area (Å²) in [6, 6.07) is 11.3. The molecule has 0 saturated heterocycles. The van der Waals surface area contributed by atoms with Crippen molar-refractivity contribution in [3.05, 3.63) is 53.3 Å². The summed E-state index contributed by atoms with van der Waals surface area (Å²) in [6.45, 7) is 3.98. The number of aromatic nitrogens is 1. The molecule has 0 atom stereocenters. The highest BCUT2D eigenvalue weighted by molar-refractivity contribution is 5.39. The van der Waals surface area contributed by atoms with Gasteiger partial charge in [-0.15, -0.1) is 0 Å². The molecule has 0 aliphatic rings. The van der Waals surface area contributed by atoms with Gasteiger partial charge in [-0.1, -0.05) is 25.1 Å². The van der Waals surface area contributed by atoms with E-state index in [0.717, 1.165) is 29.1 Å². The van der Waals surface area contributed by atoms with E-state index in [9.17, 15) is 5.11 Å². The Bertz CT molecular complexity index is 538. The number of aryl methyl sites for hydroxylation is 2. The molecule has 0 aliphatic carbocycles. The second-order valence-electron chi connectivity index (χ2n) is 4.12. The molecule has 18 heavy (non-hydrogen) atoms. The van der Waals surface area contributed by atoms with Gasteiger partial charge in [0.15, 0.2) is 0 Å². The summed E-state index contributed by atoms with van der Waals surface area (Å²) in [5, 5.41) is 9.27. The molecule has 0 bridgehead atoms. The fourth-order valence-corrected chi connectivity index (χ4v) is 1.80. The maximum atomic E-state index is 9.27. The Hall–Kier alpha value is -1.87. The first kappa shape index (κ1) is 12.6. The predicted molar refractivity (Wildman–Crippen MR) is 70.8 cm³/mol. The van der Waals surface area contributed by atoms with Crippen molar-refractivity contribution < 1.29 is 9.84 Å². The zero-order valence-corrected chi connectivity index (χ0v) is 10.7. The topological polar surface area (TPSA) is 42.4 Å². The van der Waals surface area contributed by atoms with E-state index < -0.39 is 0 Å². The van der Waals surface area contributed by atoms with Gasteiger partial charge < -0.3 is 9.84 Å². The third-order valence-electron chi connectivity index (χ3n) is 2.77. The number of para-hydroxylation sites is 1. The third kappa shape index (κ3) is 2.68. The fourth-order valence-electron chi connectivity index (χ4n) is 1.80. The number of nitrogens with zero attached hydrogens (tertiary/aromatic N) is 1. The molecule has 3 nitrogen and oxygen atoms in total. The number of benzene rings is 1. The molecule has 94 valence electrons. The van der Waals surface area contributed by atoms with Crippen molar-refractivity contribution in [2.45, 2.75) is 26.9 Å². The summed E-state index contributed by atoms with van der Waals surface area (Å²) in [5.41, 5.74) is 2.69. The molecule has 1 aromatic heterocycles. The molecule has 2 aromatic rings. The molecule has 0 radical (unpaired) electrons. The van der Waals surface area contributed by atoms with Crippen LogP contribution in [-0.2, 0) is 13.0 Å². The zero-order valence-electron chi connectivity index (χ0n) is 10.7. The molecule has 0 fully saturated rings. The molecule has 3 heteroatoms. The minimum absolute atomic E-state index is 0.0308. The number of aliphatic hydroxyl groups excluding tert-OH is 1. The van der Waals surface area contributed by atoms with Crippen molar-refractivity contribution in [1.82, 2.24) is 4.98 Å². The second-order valence-corrected chi connectivity index (χ2v) is 4.12. The Morgan fingerprint density at radius 1 is 1.11 bits per heavy atom. The Morgan fingerprint density at radius 3 is 2.61 bits per heavy atom. The molecule has 1 heterocycles. The number of hydrogen-bond acceptors (Lipinski definition) is 3. The van der Waals surface area contributed by atoms with Crippen molar-refractivity contribution in [3.8, 4) is 11.5 Å². The van der Waals surface area contributed by atoms with Gasteiger partial charge in [0, 0.05) is 11.3 Å². The summed E-state index contributed by atoms with van der Waals surface area (Å²) >= 11 is 0. The predicted octanol–water partition coefficient (Wildman–Crippen LogP) is 3.24. The standard InChI is InChI=1S/C15H17NO2/c1-3-13-15(9-8-11(2)16-13)18-14-7-5-4-6-12(14)10-17/h4-9,17H,3,10H2,1-2H3. The first-order chi connectivity index (χ1) is 8.74. The van der Waals surface area contributed by atoms with Gasteiger partial charge in [0.1, 0.15) is 11.5 Å². The number of ether oxygens (including phenoxy) is 1. The molecule has 0 unspecified atom stereocenters. The normalized spacial score (nSPS) is 10.4. The van der Waals surface area contributed by atoms with Crippen LogP contribution in [0.4, 0.5) is 0 Å². The monoisotopic (exact) mass is 243 g/mol. The smallest absolute Gasteiger partial charge is 0.148 e. The highest BCUT2D eigenvalue weighted by Crippen LogP contribution is 2.27. The minimum Gasteiger partial charge on any atom is -0.455 e. The van der Waals surface area contributed by atoms with Gasteiger partial charge in [-0.05, 0) is 31.5 Å². The van der Waals surface area contributed by atoms with Crippen LogP contribution in [0.3, 0.4) is 0 Å². The van der Waals surface area contributed by atoms with Gasteiger partial charge in [-0.25, -0.2) is 0 Å². The summed E-state index contributed by atoms with van der Waals surface area (Å²) in [6.07, 6.45) is 0.818. The fraction of sp³-hybridized carbons (Fsp3) is 0.267. The summed E-state index contributed by atoms with van der Waals surface area (Å²) in [7, 11) is 0. The van der Waals surface area contributed by atoms with Crippen LogP contribution in [0.15, 0.2) is 36.4 Å². The van der Waals surface area contributed by atoms with Crippen LogP contribution in [0.1, 0.15) is 23.9 Å². The maximum absolute atomic E-state index is 9.27. The third-order valence-corrected chi connectivity index (χ3v) is 2.77. The van der Waals surface area contributed by atoms with E-state index in [1.165, 1.54) is 0 Å². The molecule has 0 amide bonds. The van der Waals surface area contributed by atoms with Gasteiger partial charge in [0.05, 0.1) is 12.3 Å². The Balaban J connectivity index is 2.33. The largest absolute Gasteiger partial charge is 0.455 e. The van der Waals surface area contributed by atoms with E-state index in [1.807, 2.05) is 50.2 Å². The average Bonchev–Trinajstić information content (AvgIpc) is 2.41. The average molecular weight is 243 g/mol. The van der Waals surface area contributed by atoms with Crippen LogP contribution >= 0.6 is 0 Å². The SMILES string of the molecule is CCc1nc(C)ccc1Oc1ccccc1CO. The highest BCUT2D eigenvalue weighted by atomic mass is 16.5. The van der Waals surface area contributed by atoms with Crippen LogP contribution in [-0.4, -0.2) is 10.1 Å². The van der Waals surface area contributed by atoms with E-state index in [-0.39, 0.29) is 6.61 Å². The lowest BCUT2D eigenvalue weighted by Gasteiger charge is -2.12. The zero-order chi connectivity index (χ0) is 13.0. The number of hydrogen-bond donors (Lipinski definition) is 1. The number of aliphatic hydroxyl groups is 1. The summed E-state index contributed by atoms with van der Waals surface area (Å²) in [5.74, 6) is 1.43. The van der Waals surface area contributed by atoms with Gasteiger partial charge in [-0.3, -0.25) is 4.98 Å². The summed E-state index contributed by atoms with van der Waals surface area (Å²) in [4.78, 5) is 4.46. The van der Waals surface area contributed by atoms with Crippen LogP contribution in [0.5, 0.6) is 11.5 Å². The van der Waals surface area contributed by atoms with Crippen LogP contribution in [0.25, 0.3) is 0 Å². The number of rotatable bonds is 4. The van der Waals surface area contributed by atoms with E-state index in [2.05, 4.69) is 4.98 Å². The second kappa shape index (κ2) is 5.65. The van der Waals surface area contributed by atoms with Crippen molar-refractivity contribution >= 4 is 0 Å².